The van der Waals surface area contributed by atoms with Crippen LogP contribution in [-0.2, 0) is 9.47 Å². The van der Waals surface area contributed by atoms with Gasteiger partial charge in [-0.3, -0.25) is 4.57 Å². The zero-order valence-electron chi connectivity index (χ0n) is 12.9. The molecular weight excluding hydrogens is 338 g/mol. The molecule has 1 aliphatic rings. The van der Waals surface area contributed by atoms with E-state index in [-0.39, 0.29) is 17.8 Å². The SMILES string of the molecule is CC(Cl)/C=C/OC[C@H]1O[C@@H](n2cnc3c(N)ncnc32)[C@H](O)[C@@H]1O. The third-order valence-corrected chi connectivity index (χ3v) is 3.84. The van der Waals surface area contributed by atoms with E-state index in [1.54, 1.807) is 13.0 Å². The molecule has 10 heteroatoms. The van der Waals surface area contributed by atoms with E-state index in [4.69, 9.17) is 26.8 Å². The molecule has 0 bridgehead atoms. The van der Waals surface area contributed by atoms with E-state index >= 15 is 0 Å². The van der Waals surface area contributed by atoms with Crippen LogP contribution in [0.5, 0.6) is 0 Å². The molecule has 4 N–H and O–H groups in total. The molecule has 1 fully saturated rings. The van der Waals surface area contributed by atoms with E-state index in [1.165, 1.54) is 23.5 Å². The van der Waals surface area contributed by atoms with Gasteiger partial charge in [0.05, 0.1) is 18.0 Å². The highest BCUT2D eigenvalue weighted by atomic mass is 35.5. The average Bonchev–Trinajstić information content (AvgIpc) is 3.08. The maximum Gasteiger partial charge on any atom is 0.167 e. The van der Waals surface area contributed by atoms with Gasteiger partial charge in [-0.2, -0.15) is 0 Å². The van der Waals surface area contributed by atoms with E-state index in [0.29, 0.717) is 11.2 Å². The minimum Gasteiger partial charge on any atom is -0.499 e. The van der Waals surface area contributed by atoms with E-state index in [0.717, 1.165) is 0 Å². The molecule has 0 radical (unpaired) electrons. The summed E-state index contributed by atoms with van der Waals surface area (Å²) in [5.74, 6) is 0.229. The maximum absolute atomic E-state index is 10.3. The summed E-state index contributed by atoms with van der Waals surface area (Å²) in [7, 11) is 0. The number of allylic oxidation sites excluding steroid dienone is 1. The summed E-state index contributed by atoms with van der Waals surface area (Å²) >= 11 is 5.76. The summed E-state index contributed by atoms with van der Waals surface area (Å²) in [5, 5.41) is 20.3. The van der Waals surface area contributed by atoms with Crippen LogP contribution in [0.4, 0.5) is 5.82 Å². The lowest BCUT2D eigenvalue weighted by atomic mass is 10.1. The van der Waals surface area contributed by atoms with Gasteiger partial charge in [-0.25, -0.2) is 15.0 Å². The summed E-state index contributed by atoms with van der Waals surface area (Å²) in [4.78, 5) is 12.1. The fourth-order valence-corrected chi connectivity index (χ4v) is 2.53. The number of nitrogens with zero attached hydrogens (tertiary/aromatic N) is 4. The van der Waals surface area contributed by atoms with Gasteiger partial charge in [0, 0.05) is 0 Å². The first-order valence-corrected chi connectivity index (χ1v) is 7.79. The molecule has 2 aromatic rings. The van der Waals surface area contributed by atoms with Gasteiger partial charge >= 0.3 is 0 Å². The zero-order valence-corrected chi connectivity index (χ0v) is 13.6. The van der Waals surface area contributed by atoms with Crippen molar-refractivity contribution in [2.75, 3.05) is 12.3 Å². The van der Waals surface area contributed by atoms with Gasteiger partial charge in [0.1, 0.15) is 36.8 Å². The zero-order chi connectivity index (χ0) is 17.3. The molecule has 1 unspecified atom stereocenters. The largest absolute Gasteiger partial charge is 0.499 e. The van der Waals surface area contributed by atoms with E-state index in [9.17, 15) is 10.2 Å². The summed E-state index contributed by atoms with van der Waals surface area (Å²) in [6, 6.07) is 0. The number of hydrogen-bond donors (Lipinski definition) is 3. The van der Waals surface area contributed by atoms with Gasteiger partial charge in [-0.15, -0.1) is 11.6 Å². The molecule has 2 aromatic heterocycles. The highest BCUT2D eigenvalue weighted by molar-refractivity contribution is 6.21. The predicted octanol–water partition coefficient (Wildman–Crippen LogP) is 0.185. The Kier molecular flexibility index (Phi) is 4.86. The van der Waals surface area contributed by atoms with Crippen molar-refractivity contribution < 1.29 is 19.7 Å². The highest BCUT2D eigenvalue weighted by Crippen LogP contribution is 2.32. The van der Waals surface area contributed by atoms with Gasteiger partial charge < -0.3 is 25.4 Å². The average molecular weight is 356 g/mol. The Bertz CT molecular complexity index is 737. The number of halogens is 1. The number of nitrogen functional groups attached to an aromatic ring is 1. The Morgan fingerprint density at radius 3 is 2.96 bits per heavy atom. The van der Waals surface area contributed by atoms with Crippen LogP contribution in [0.25, 0.3) is 11.2 Å². The van der Waals surface area contributed by atoms with Gasteiger partial charge in [0.25, 0.3) is 0 Å². The molecule has 1 saturated heterocycles. The van der Waals surface area contributed by atoms with Crippen molar-refractivity contribution in [2.45, 2.75) is 36.8 Å². The van der Waals surface area contributed by atoms with E-state index < -0.39 is 24.5 Å². The number of anilines is 1. The summed E-state index contributed by atoms with van der Waals surface area (Å²) < 4.78 is 12.5. The first-order valence-electron chi connectivity index (χ1n) is 7.36. The first kappa shape index (κ1) is 16.9. The Morgan fingerprint density at radius 1 is 1.42 bits per heavy atom. The van der Waals surface area contributed by atoms with Crippen LogP contribution in [0.3, 0.4) is 0 Å². The van der Waals surface area contributed by atoms with Crippen molar-refractivity contribution in [1.29, 1.82) is 0 Å². The first-order chi connectivity index (χ1) is 11.5. The van der Waals surface area contributed by atoms with Gasteiger partial charge in [-0.05, 0) is 13.0 Å². The number of fused-ring (bicyclic) bond motifs is 1. The summed E-state index contributed by atoms with van der Waals surface area (Å²) in [6.07, 6.45) is 1.98. The number of aliphatic hydroxyl groups is 2. The third kappa shape index (κ3) is 3.16. The van der Waals surface area contributed by atoms with Crippen molar-refractivity contribution in [3.8, 4) is 0 Å². The van der Waals surface area contributed by atoms with Crippen LogP contribution in [0.1, 0.15) is 13.2 Å². The quantitative estimate of drug-likeness (QED) is 0.512. The fraction of sp³-hybridized carbons (Fsp3) is 0.500. The Morgan fingerprint density at radius 2 is 2.21 bits per heavy atom. The number of alkyl halides is 1. The fourth-order valence-electron chi connectivity index (χ4n) is 2.47. The van der Waals surface area contributed by atoms with Gasteiger partial charge in [0.15, 0.2) is 17.7 Å². The van der Waals surface area contributed by atoms with Crippen molar-refractivity contribution in [1.82, 2.24) is 19.5 Å². The number of rotatable bonds is 5. The van der Waals surface area contributed by atoms with Crippen molar-refractivity contribution in [3.05, 3.63) is 25.0 Å². The van der Waals surface area contributed by atoms with Crippen LogP contribution < -0.4 is 5.73 Å². The molecule has 5 atom stereocenters. The van der Waals surface area contributed by atoms with E-state index in [2.05, 4.69) is 15.0 Å². The number of ether oxygens (including phenoxy) is 2. The maximum atomic E-state index is 10.3. The normalized spacial score (nSPS) is 28.7. The van der Waals surface area contributed by atoms with Crippen LogP contribution in [-0.4, -0.2) is 60.0 Å². The number of aromatic nitrogens is 4. The second-order valence-corrected chi connectivity index (χ2v) is 6.16. The van der Waals surface area contributed by atoms with Crippen LogP contribution >= 0.6 is 11.6 Å². The van der Waals surface area contributed by atoms with Crippen LogP contribution in [0.15, 0.2) is 25.0 Å². The topological polar surface area (TPSA) is 129 Å². The van der Waals surface area contributed by atoms with Gasteiger partial charge in [0.2, 0.25) is 0 Å². The Labute approximate surface area is 142 Å². The molecule has 3 rings (SSSR count). The monoisotopic (exact) mass is 355 g/mol. The molecule has 0 aromatic carbocycles. The minimum absolute atomic E-state index is 0.0680. The molecule has 130 valence electrons. The summed E-state index contributed by atoms with van der Waals surface area (Å²) in [6.45, 7) is 1.86. The van der Waals surface area contributed by atoms with Crippen LogP contribution in [0.2, 0.25) is 0 Å². The molecule has 3 heterocycles. The molecule has 1 aliphatic heterocycles. The Balaban J connectivity index is 1.76. The highest BCUT2D eigenvalue weighted by Gasteiger charge is 2.44. The Hall–Kier alpha value is -1.94. The molecule has 9 nitrogen and oxygen atoms in total. The van der Waals surface area contributed by atoms with E-state index in [1.807, 2.05) is 0 Å². The number of imidazole rings is 1. The summed E-state index contributed by atoms with van der Waals surface area (Å²) in [5.41, 5.74) is 6.56. The standard InChI is InChI=1S/C14H18ClN5O4/c1-7(15)2-3-23-4-8-10(21)11(22)14(24-8)20-6-19-9-12(16)17-5-18-13(9)20/h2-3,5-8,10-11,14,21-22H,4H2,1H3,(H2,16,17,18)/b3-2+/t7?,8-,10-,11-,14-/m1/s1. The minimum atomic E-state index is -1.16. The number of nitrogens with two attached hydrogens (primary N) is 1. The third-order valence-electron chi connectivity index (χ3n) is 3.70. The van der Waals surface area contributed by atoms with Crippen LogP contribution in [0, 0.1) is 0 Å². The molecule has 0 amide bonds. The van der Waals surface area contributed by atoms with Crippen molar-refractivity contribution >= 4 is 28.6 Å². The number of hydrogen-bond acceptors (Lipinski definition) is 8. The molecular formula is C14H18ClN5O4. The lowest BCUT2D eigenvalue weighted by Gasteiger charge is -2.16. The van der Waals surface area contributed by atoms with Gasteiger partial charge in [-0.1, -0.05) is 0 Å². The van der Waals surface area contributed by atoms with Crippen molar-refractivity contribution in [3.63, 3.8) is 0 Å². The second kappa shape index (κ2) is 6.89. The smallest absolute Gasteiger partial charge is 0.167 e. The van der Waals surface area contributed by atoms with Crippen molar-refractivity contribution in [2.24, 2.45) is 0 Å². The molecule has 24 heavy (non-hydrogen) atoms. The predicted molar refractivity (Wildman–Crippen MR) is 86.1 cm³/mol. The molecule has 0 aliphatic carbocycles. The second-order valence-electron chi connectivity index (χ2n) is 5.47. The number of aliphatic hydroxyl groups excluding tert-OH is 2. The lowest BCUT2D eigenvalue weighted by Crippen LogP contribution is -2.33. The molecule has 0 saturated carbocycles. The lowest BCUT2D eigenvalue weighted by molar-refractivity contribution is -0.0531. The molecule has 0 spiro atoms.